The van der Waals surface area contributed by atoms with E-state index in [0.29, 0.717) is 18.1 Å². The lowest BCUT2D eigenvalue weighted by molar-refractivity contribution is 0.0263. The molecule has 3 rings (SSSR count). The molecule has 1 fully saturated rings. The molecular formula is C19H25ClN4O2. The van der Waals surface area contributed by atoms with E-state index in [4.69, 9.17) is 16.3 Å². The number of rotatable bonds is 2. The first-order chi connectivity index (χ1) is 12.3. The Hall–Kier alpha value is -2.21. The maximum Gasteiger partial charge on any atom is 0.410 e. The number of carbonyl (C=O) groups excluding carboxylic acids is 1. The molecule has 1 aliphatic rings. The Balaban J connectivity index is 1.73. The van der Waals surface area contributed by atoms with Crippen LogP contribution in [-0.2, 0) is 4.74 Å². The number of carbonyl (C=O) groups is 1. The molecule has 7 heteroatoms. The van der Waals surface area contributed by atoms with Gasteiger partial charge >= 0.3 is 6.09 Å². The highest BCUT2D eigenvalue weighted by Gasteiger charge is 2.25. The molecule has 6 nitrogen and oxygen atoms in total. The van der Waals surface area contributed by atoms with E-state index in [-0.39, 0.29) is 6.09 Å². The zero-order valence-electron chi connectivity index (χ0n) is 15.5. The Morgan fingerprint density at radius 2 is 2.04 bits per heavy atom. The first kappa shape index (κ1) is 18.6. The van der Waals surface area contributed by atoms with Crippen molar-refractivity contribution in [1.29, 1.82) is 0 Å². The zero-order valence-corrected chi connectivity index (χ0v) is 16.2. The largest absolute Gasteiger partial charge is 0.444 e. The summed E-state index contributed by atoms with van der Waals surface area (Å²) in [5.74, 6) is 0. The maximum atomic E-state index is 12.3. The number of benzene rings is 1. The summed E-state index contributed by atoms with van der Waals surface area (Å²) in [7, 11) is 0. The Kier molecular flexibility index (Phi) is 5.41. The van der Waals surface area contributed by atoms with Gasteiger partial charge in [0.2, 0.25) is 0 Å². The van der Waals surface area contributed by atoms with Crippen molar-refractivity contribution < 1.29 is 9.53 Å². The fourth-order valence-corrected chi connectivity index (χ4v) is 3.23. The number of hydrogen-bond acceptors (Lipinski definition) is 4. The van der Waals surface area contributed by atoms with Crippen molar-refractivity contribution in [2.45, 2.75) is 32.8 Å². The lowest BCUT2D eigenvalue weighted by Crippen LogP contribution is -2.39. The normalized spacial score (nSPS) is 15.7. The second-order valence-corrected chi connectivity index (χ2v) is 7.89. The second kappa shape index (κ2) is 7.58. The van der Waals surface area contributed by atoms with Gasteiger partial charge < -0.3 is 14.5 Å². The van der Waals surface area contributed by atoms with Crippen LogP contribution >= 0.6 is 11.6 Å². The SMILES string of the molecule is CC(C)(C)OC(=O)N1CCCN(c2cn[nH]c2-c2cccc(Cl)c2)CC1. The van der Waals surface area contributed by atoms with Gasteiger partial charge in [-0.25, -0.2) is 4.79 Å². The minimum Gasteiger partial charge on any atom is -0.444 e. The van der Waals surface area contributed by atoms with Crippen LogP contribution in [0, 0.1) is 0 Å². The van der Waals surface area contributed by atoms with Crippen LogP contribution in [0.4, 0.5) is 10.5 Å². The highest BCUT2D eigenvalue weighted by atomic mass is 35.5. The average molecular weight is 377 g/mol. The van der Waals surface area contributed by atoms with Crippen LogP contribution in [0.25, 0.3) is 11.3 Å². The molecule has 26 heavy (non-hydrogen) atoms. The van der Waals surface area contributed by atoms with Gasteiger partial charge in [0.15, 0.2) is 0 Å². The molecule has 0 bridgehead atoms. The molecule has 0 radical (unpaired) electrons. The van der Waals surface area contributed by atoms with Gasteiger partial charge in [0.25, 0.3) is 0 Å². The lowest BCUT2D eigenvalue weighted by Gasteiger charge is -2.26. The molecule has 1 N–H and O–H groups in total. The number of nitrogens with zero attached hydrogens (tertiary/aromatic N) is 3. The van der Waals surface area contributed by atoms with E-state index in [0.717, 1.165) is 36.5 Å². The van der Waals surface area contributed by atoms with E-state index >= 15 is 0 Å². The highest BCUT2D eigenvalue weighted by molar-refractivity contribution is 6.30. The van der Waals surface area contributed by atoms with Crippen molar-refractivity contribution in [1.82, 2.24) is 15.1 Å². The summed E-state index contributed by atoms with van der Waals surface area (Å²) in [5, 5.41) is 7.99. The molecule has 140 valence electrons. The highest BCUT2D eigenvalue weighted by Crippen LogP contribution is 2.30. The molecule has 1 saturated heterocycles. The van der Waals surface area contributed by atoms with Crippen LogP contribution in [0.2, 0.25) is 5.02 Å². The lowest BCUT2D eigenvalue weighted by atomic mass is 10.1. The standard InChI is InChI=1S/C19H25ClN4O2/c1-19(2,3)26-18(25)24-9-5-8-23(10-11-24)16-13-21-22-17(16)14-6-4-7-15(20)12-14/h4,6-7,12-13H,5,8-11H2,1-3H3,(H,21,22). The average Bonchev–Trinajstić information content (AvgIpc) is 2.91. The number of anilines is 1. The fraction of sp³-hybridized carbons (Fsp3) is 0.474. The molecule has 0 spiro atoms. The van der Waals surface area contributed by atoms with Crippen molar-refractivity contribution in [3.8, 4) is 11.3 Å². The molecule has 0 unspecified atom stereocenters. The molecule has 2 aromatic rings. The summed E-state index contributed by atoms with van der Waals surface area (Å²) >= 11 is 6.13. The van der Waals surface area contributed by atoms with E-state index in [2.05, 4.69) is 15.1 Å². The van der Waals surface area contributed by atoms with Crippen molar-refractivity contribution in [2.24, 2.45) is 0 Å². The van der Waals surface area contributed by atoms with E-state index in [1.807, 2.05) is 51.2 Å². The number of halogens is 1. The summed E-state index contributed by atoms with van der Waals surface area (Å²) in [5.41, 5.74) is 2.49. The summed E-state index contributed by atoms with van der Waals surface area (Å²) in [4.78, 5) is 16.4. The Morgan fingerprint density at radius 3 is 2.77 bits per heavy atom. The zero-order chi connectivity index (χ0) is 18.7. The van der Waals surface area contributed by atoms with Crippen molar-refractivity contribution in [2.75, 3.05) is 31.1 Å². The molecule has 1 aromatic carbocycles. The molecular weight excluding hydrogens is 352 g/mol. The monoisotopic (exact) mass is 376 g/mol. The van der Waals surface area contributed by atoms with Crippen LogP contribution in [0.15, 0.2) is 30.5 Å². The van der Waals surface area contributed by atoms with Gasteiger partial charge in [-0.15, -0.1) is 0 Å². The number of hydrogen-bond donors (Lipinski definition) is 1. The van der Waals surface area contributed by atoms with Crippen LogP contribution in [0.1, 0.15) is 27.2 Å². The predicted octanol–water partition coefficient (Wildman–Crippen LogP) is 4.18. The third-order valence-electron chi connectivity index (χ3n) is 4.22. The Labute approximate surface area is 159 Å². The van der Waals surface area contributed by atoms with Crippen LogP contribution in [-0.4, -0.2) is 53.0 Å². The van der Waals surface area contributed by atoms with Crippen molar-refractivity contribution in [3.63, 3.8) is 0 Å². The predicted molar refractivity (Wildman–Crippen MR) is 104 cm³/mol. The van der Waals surface area contributed by atoms with E-state index < -0.39 is 5.60 Å². The van der Waals surface area contributed by atoms with Crippen LogP contribution in [0.3, 0.4) is 0 Å². The summed E-state index contributed by atoms with van der Waals surface area (Å²) in [6.07, 6.45) is 2.46. The summed E-state index contributed by atoms with van der Waals surface area (Å²) in [6.45, 7) is 8.55. The molecule has 0 saturated carbocycles. The van der Waals surface area contributed by atoms with E-state index in [9.17, 15) is 4.79 Å². The topological polar surface area (TPSA) is 61.5 Å². The quantitative estimate of drug-likeness (QED) is 0.854. The maximum absolute atomic E-state index is 12.3. The molecule has 0 atom stereocenters. The van der Waals surface area contributed by atoms with Gasteiger partial charge in [-0.3, -0.25) is 5.10 Å². The molecule has 1 amide bonds. The summed E-state index contributed by atoms with van der Waals surface area (Å²) in [6, 6.07) is 7.71. The summed E-state index contributed by atoms with van der Waals surface area (Å²) < 4.78 is 5.50. The number of ether oxygens (including phenoxy) is 1. The number of nitrogens with one attached hydrogen (secondary N) is 1. The third kappa shape index (κ3) is 4.49. The first-order valence-electron chi connectivity index (χ1n) is 8.86. The van der Waals surface area contributed by atoms with Gasteiger partial charge in [0.05, 0.1) is 17.6 Å². The Morgan fingerprint density at radius 1 is 1.23 bits per heavy atom. The van der Waals surface area contributed by atoms with Gasteiger partial charge in [0.1, 0.15) is 5.60 Å². The Bertz CT molecular complexity index is 769. The van der Waals surface area contributed by atoms with Gasteiger partial charge in [-0.05, 0) is 39.3 Å². The van der Waals surface area contributed by atoms with Gasteiger partial charge in [0, 0.05) is 36.8 Å². The minimum absolute atomic E-state index is 0.249. The van der Waals surface area contributed by atoms with Crippen LogP contribution in [0.5, 0.6) is 0 Å². The number of amides is 1. The number of aromatic amines is 1. The van der Waals surface area contributed by atoms with Crippen LogP contribution < -0.4 is 4.90 Å². The molecule has 1 aliphatic heterocycles. The fourth-order valence-electron chi connectivity index (χ4n) is 3.04. The molecule has 1 aromatic heterocycles. The number of aromatic nitrogens is 2. The smallest absolute Gasteiger partial charge is 0.410 e. The minimum atomic E-state index is -0.479. The van der Waals surface area contributed by atoms with Gasteiger partial charge in [-0.2, -0.15) is 5.10 Å². The van der Waals surface area contributed by atoms with E-state index in [1.165, 1.54) is 0 Å². The molecule has 0 aliphatic carbocycles. The van der Waals surface area contributed by atoms with Gasteiger partial charge in [-0.1, -0.05) is 23.7 Å². The molecule has 2 heterocycles. The first-order valence-corrected chi connectivity index (χ1v) is 9.23. The van der Waals surface area contributed by atoms with Crippen molar-refractivity contribution >= 4 is 23.4 Å². The van der Waals surface area contributed by atoms with Crippen molar-refractivity contribution in [3.05, 3.63) is 35.5 Å². The second-order valence-electron chi connectivity index (χ2n) is 7.45. The van der Waals surface area contributed by atoms with E-state index in [1.54, 1.807) is 4.90 Å². The third-order valence-corrected chi connectivity index (χ3v) is 4.46. The number of H-pyrrole nitrogens is 1.